The maximum absolute atomic E-state index is 4.33. The predicted molar refractivity (Wildman–Crippen MR) is 78.9 cm³/mol. The molecule has 0 aliphatic heterocycles. The molecular weight excluding hydrogens is 250 g/mol. The first kappa shape index (κ1) is 12.6. The summed E-state index contributed by atoms with van der Waals surface area (Å²) in [6.45, 7) is 4.95. The topological polar surface area (TPSA) is 55.1 Å². The maximum atomic E-state index is 4.33. The van der Waals surface area contributed by atoms with Crippen molar-refractivity contribution in [2.75, 3.05) is 11.9 Å². The number of aryl methyl sites for hydroxylation is 2. The Bertz CT molecular complexity index is 732. The van der Waals surface area contributed by atoms with Crippen LogP contribution in [-0.4, -0.2) is 26.1 Å². The number of hydrogen-bond donors (Lipinski definition) is 1. The quantitative estimate of drug-likeness (QED) is 0.788. The Hall–Kier alpha value is -2.43. The molecule has 1 aromatic carbocycles. The molecule has 0 bridgehead atoms. The van der Waals surface area contributed by atoms with E-state index in [0.29, 0.717) is 5.78 Å². The number of anilines is 1. The smallest absolute Gasteiger partial charge is 0.254 e. The summed E-state index contributed by atoms with van der Waals surface area (Å²) in [5.74, 6) is 1.56. The van der Waals surface area contributed by atoms with E-state index in [0.717, 1.165) is 24.5 Å². The van der Waals surface area contributed by atoms with Crippen LogP contribution >= 0.6 is 0 Å². The first-order chi connectivity index (χ1) is 9.74. The molecule has 0 radical (unpaired) electrons. The molecule has 5 heteroatoms. The zero-order valence-electron chi connectivity index (χ0n) is 11.7. The fraction of sp³-hybridized carbons (Fsp3) is 0.267. The van der Waals surface area contributed by atoms with E-state index in [1.54, 1.807) is 4.52 Å². The number of benzene rings is 1. The Morgan fingerprint density at radius 2 is 2.05 bits per heavy atom. The van der Waals surface area contributed by atoms with Crippen LogP contribution in [0, 0.1) is 13.8 Å². The summed E-state index contributed by atoms with van der Waals surface area (Å²) < 4.78 is 1.73. The van der Waals surface area contributed by atoms with Crippen molar-refractivity contribution in [2.45, 2.75) is 20.3 Å². The van der Waals surface area contributed by atoms with Gasteiger partial charge in [-0.05, 0) is 31.4 Å². The van der Waals surface area contributed by atoms with Crippen LogP contribution in [-0.2, 0) is 6.42 Å². The highest BCUT2D eigenvalue weighted by Crippen LogP contribution is 2.11. The van der Waals surface area contributed by atoms with Gasteiger partial charge in [0.1, 0.15) is 12.1 Å². The van der Waals surface area contributed by atoms with Gasteiger partial charge in [-0.15, -0.1) is 0 Å². The maximum Gasteiger partial charge on any atom is 0.254 e. The second kappa shape index (κ2) is 5.28. The third-order valence-electron chi connectivity index (χ3n) is 3.34. The molecule has 2 heterocycles. The SMILES string of the molecule is Cc1cc(NCCc2ccccc2C)n2ncnc2n1. The highest BCUT2D eigenvalue weighted by molar-refractivity contribution is 5.44. The molecule has 3 rings (SSSR count). The van der Waals surface area contributed by atoms with E-state index in [-0.39, 0.29) is 0 Å². The van der Waals surface area contributed by atoms with Crippen LogP contribution < -0.4 is 5.32 Å². The molecule has 0 aliphatic rings. The van der Waals surface area contributed by atoms with E-state index in [9.17, 15) is 0 Å². The van der Waals surface area contributed by atoms with Gasteiger partial charge in [0, 0.05) is 18.3 Å². The molecule has 0 fully saturated rings. The first-order valence-electron chi connectivity index (χ1n) is 6.70. The Kier molecular flexibility index (Phi) is 3.33. The third kappa shape index (κ3) is 2.47. The normalized spacial score (nSPS) is 10.9. The van der Waals surface area contributed by atoms with Crippen molar-refractivity contribution in [3.63, 3.8) is 0 Å². The van der Waals surface area contributed by atoms with Gasteiger partial charge >= 0.3 is 0 Å². The monoisotopic (exact) mass is 267 g/mol. The van der Waals surface area contributed by atoms with Crippen molar-refractivity contribution >= 4 is 11.6 Å². The van der Waals surface area contributed by atoms with E-state index >= 15 is 0 Å². The van der Waals surface area contributed by atoms with Crippen LogP contribution in [0.25, 0.3) is 5.78 Å². The van der Waals surface area contributed by atoms with Gasteiger partial charge in [0.2, 0.25) is 0 Å². The van der Waals surface area contributed by atoms with Gasteiger partial charge < -0.3 is 5.32 Å². The molecule has 0 saturated carbocycles. The second-order valence-electron chi connectivity index (χ2n) is 4.86. The second-order valence-corrected chi connectivity index (χ2v) is 4.86. The van der Waals surface area contributed by atoms with E-state index in [1.165, 1.54) is 17.5 Å². The highest BCUT2D eigenvalue weighted by Gasteiger charge is 2.05. The molecule has 0 atom stereocenters. The number of aromatic nitrogens is 4. The molecule has 3 aromatic rings. The summed E-state index contributed by atoms with van der Waals surface area (Å²) in [5, 5.41) is 7.59. The molecular formula is C15H17N5. The van der Waals surface area contributed by atoms with Gasteiger partial charge in [0.15, 0.2) is 0 Å². The van der Waals surface area contributed by atoms with Gasteiger partial charge in [-0.3, -0.25) is 0 Å². The first-order valence-corrected chi connectivity index (χ1v) is 6.70. The zero-order valence-corrected chi connectivity index (χ0v) is 11.7. The minimum Gasteiger partial charge on any atom is -0.370 e. The Morgan fingerprint density at radius 3 is 2.90 bits per heavy atom. The summed E-state index contributed by atoms with van der Waals surface area (Å²) >= 11 is 0. The number of rotatable bonds is 4. The van der Waals surface area contributed by atoms with Crippen molar-refractivity contribution in [2.24, 2.45) is 0 Å². The lowest BCUT2D eigenvalue weighted by atomic mass is 10.1. The largest absolute Gasteiger partial charge is 0.370 e. The molecule has 5 nitrogen and oxygen atoms in total. The van der Waals surface area contributed by atoms with E-state index in [1.807, 2.05) is 13.0 Å². The number of nitrogens with zero attached hydrogens (tertiary/aromatic N) is 4. The summed E-state index contributed by atoms with van der Waals surface area (Å²) in [7, 11) is 0. The van der Waals surface area contributed by atoms with Crippen molar-refractivity contribution in [3.8, 4) is 0 Å². The minimum absolute atomic E-state index is 0.628. The van der Waals surface area contributed by atoms with Gasteiger partial charge in [0.05, 0.1) is 0 Å². The number of fused-ring (bicyclic) bond motifs is 1. The van der Waals surface area contributed by atoms with E-state index in [4.69, 9.17) is 0 Å². The molecule has 102 valence electrons. The van der Waals surface area contributed by atoms with Crippen molar-refractivity contribution < 1.29 is 0 Å². The van der Waals surface area contributed by atoms with Gasteiger partial charge in [-0.1, -0.05) is 24.3 Å². The predicted octanol–water partition coefficient (Wildman–Crippen LogP) is 2.40. The highest BCUT2D eigenvalue weighted by atomic mass is 15.3. The molecule has 0 saturated heterocycles. The molecule has 20 heavy (non-hydrogen) atoms. The van der Waals surface area contributed by atoms with Crippen LogP contribution in [0.5, 0.6) is 0 Å². The van der Waals surface area contributed by atoms with Gasteiger partial charge in [0.25, 0.3) is 5.78 Å². The van der Waals surface area contributed by atoms with Crippen LogP contribution in [0.4, 0.5) is 5.82 Å². The lowest BCUT2D eigenvalue weighted by molar-refractivity contribution is 0.904. The average Bonchev–Trinajstić information content (AvgIpc) is 2.89. The lowest BCUT2D eigenvalue weighted by Gasteiger charge is -2.10. The van der Waals surface area contributed by atoms with Gasteiger partial charge in [-0.2, -0.15) is 14.6 Å². The minimum atomic E-state index is 0.628. The van der Waals surface area contributed by atoms with Crippen LogP contribution in [0.1, 0.15) is 16.8 Å². The summed E-state index contributed by atoms with van der Waals surface area (Å²) in [6, 6.07) is 10.4. The molecule has 0 unspecified atom stereocenters. The number of nitrogens with one attached hydrogen (secondary N) is 1. The number of hydrogen-bond acceptors (Lipinski definition) is 4. The molecule has 2 aromatic heterocycles. The van der Waals surface area contributed by atoms with Crippen molar-refractivity contribution in [3.05, 3.63) is 53.5 Å². The van der Waals surface area contributed by atoms with E-state index < -0.39 is 0 Å². The van der Waals surface area contributed by atoms with Crippen molar-refractivity contribution in [1.82, 2.24) is 19.6 Å². The Labute approximate surface area is 117 Å². The Balaban J connectivity index is 1.74. The summed E-state index contributed by atoms with van der Waals surface area (Å²) in [4.78, 5) is 8.45. The lowest BCUT2D eigenvalue weighted by Crippen LogP contribution is -2.10. The summed E-state index contributed by atoms with van der Waals surface area (Å²) in [6.07, 6.45) is 2.50. The third-order valence-corrected chi connectivity index (χ3v) is 3.34. The standard InChI is InChI=1S/C15H17N5/c1-11-5-3-4-6-13(11)7-8-16-14-9-12(2)19-15-17-10-18-20(14)15/h3-6,9-10,16H,7-8H2,1-2H3. The average molecular weight is 267 g/mol. The van der Waals surface area contributed by atoms with Crippen LogP contribution in [0.15, 0.2) is 36.7 Å². The van der Waals surface area contributed by atoms with Gasteiger partial charge in [-0.25, -0.2) is 4.98 Å². The van der Waals surface area contributed by atoms with E-state index in [2.05, 4.69) is 51.6 Å². The van der Waals surface area contributed by atoms with Crippen LogP contribution in [0.2, 0.25) is 0 Å². The molecule has 0 amide bonds. The fourth-order valence-electron chi connectivity index (χ4n) is 2.27. The van der Waals surface area contributed by atoms with Crippen molar-refractivity contribution in [1.29, 1.82) is 0 Å². The fourth-order valence-corrected chi connectivity index (χ4v) is 2.27. The molecule has 0 aliphatic carbocycles. The zero-order chi connectivity index (χ0) is 13.9. The van der Waals surface area contributed by atoms with Crippen LogP contribution in [0.3, 0.4) is 0 Å². The summed E-state index contributed by atoms with van der Waals surface area (Å²) in [5.41, 5.74) is 3.62. The molecule has 0 spiro atoms. The Morgan fingerprint density at radius 1 is 1.20 bits per heavy atom. The molecule has 1 N–H and O–H groups in total.